The predicted molar refractivity (Wildman–Crippen MR) is 402 cm³/mol. The van der Waals surface area contributed by atoms with Crippen molar-refractivity contribution in [3.05, 3.63) is 0 Å². The number of carbonyl (C=O) groups excluding carboxylic acids is 6. The molecule has 8 rings (SSSR count). The van der Waals surface area contributed by atoms with E-state index in [0.717, 1.165) is 41.5 Å². The van der Waals surface area contributed by atoms with Crippen molar-refractivity contribution in [2.75, 3.05) is 59.5 Å². The molecule has 6 amide bonds. The molecule has 0 aromatic carbocycles. The van der Waals surface area contributed by atoms with Crippen molar-refractivity contribution >= 4 is 47.4 Å². The highest BCUT2D eigenvalue weighted by Crippen LogP contribution is 2.42. The van der Waals surface area contributed by atoms with Crippen LogP contribution in [-0.4, -0.2) is 526 Å². The number of aliphatic hydroxyl groups is 25. The number of hydrogen-bond donors (Lipinski definition) is 33. The second-order valence-corrected chi connectivity index (χ2v) is 32.3. The Morgan fingerprint density at radius 2 is 0.744 bits per heavy atom. The number of aliphatic carboxylic acids is 2. The van der Waals surface area contributed by atoms with E-state index < -0.39 is 401 Å². The summed E-state index contributed by atoms with van der Waals surface area (Å²) in [5.41, 5.74) is 0. The summed E-state index contributed by atoms with van der Waals surface area (Å²) >= 11 is 0. The van der Waals surface area contributed by atoms with Crippen LogP contribution in [0.3, 0.4) is 0 Å². The number of carboxylic acids is 2. The zero-order valence-corrected chi connectivity index (χ0v) is 70.1. The van der Waals surface area contributed by atoms with Crippen LogP contribution in [0.25, 0.3) is 0 Å². The summed E-state index contributed by atoms with van der Waals surface area (Å²) < 4.78 is 95.6. The molecule has 0 spiro atoms. The lowest BCUT2D eigenvalue weighted by atomic mass is 9.88. The largest absolute Gasteiger partial charge is 0.477 e. The second-order valence-electron chi connectivity index (χ2n) is 32.3. The van der Waals surface area contributed by atoms with Crippen LogP contribution in [0, 0.1) is 0 Å². The van der Waals surface area contributed by atoms with Gasteiger partial charge in [0.25, 0.3) is 11.6 Å². The van der Waals surface area contributed by atoms with Crippen molar-refractivity contribution in [3.63, 3.8) is 0 Å². The Bertz CT molecular complexity index is 3640. The number of aliphatic hydroxyl groups excluding tert-OH is 25. The van der Waals surface area contributed by atoms with E-state index in [9.17, 15) is 176 Å². The van der Waals surface area contributed by atoms with E-state index in [1.165, 1.54) is 6.92 Å². The number of carbonyl (C=O) groups is 8. The SMILES string of the molecule is CC(=O)N[C@H]1[C@H](O[C@@H]([C@@H](O)[C@H](O)CO[C@]2(C(=O)O)C[C@H](O)[C@@H](NC(C)=O)[C@H]([C@H](O)[C@H](O)CO)O2)[C@H](CO)NC(C)=O)O[C@H](CO)[C@@H](O[C@@H]2O[C@H](CO[C@]3(C(=O)O)C[C@H](O)[C@@H](NC(C)=O)[C@H]([C@H](O)[C@H](O)CO)O3)[C@H](O)[C@H](O[C@@H]3O[C@H](CO)[C@@H](O[C@@H]4O[C@H](CO)[C@H](O)[C@H](O[C@H]5O[C@H](CO)[C@H](O)[C@H](O)[C@H]5NC(C)=O)[C@H]4O[C@@H]4O[C@@H](C)[C@@H](O)[C@@H](O)[C@@H]4O)[C@H](O)[C@H]3NC(C)=O)[C@H]2O)[C@@H]1O. The fourth-order valence-corrected chi connectivity index (χ4v) is 16.1. The summed E-state index contributed by atoms with van der Waals surface area (Å²) in [6, 6.07) is -11.7. The second kappa shape index (κ2) is 47.1. The van der Waals surface area contributed by atoms with Gasteiger partial charge in [0.15, 0.2) is 37.7 Å². The third-order valence-electron chi connectivity index (χ3n) is 22.7. The lowest BCUT2D eigenvalue weighted by Crippen LogP contribution is -2.71. The van der Waals surface area contributed by atoms with E-state index in [1.807, 2.05) is 0 Å². The number of ether oxygens (including phenoxy) is 16. The van der Waals surface area contributed by atoms with Crippen LogP contribution >= 0.6 is 0 Å². The van der Waals surface area contributed by atoms with Crippen molar-refractivity contribution in [2.45, 2.75) is 342 Å². The van der Waals surface area contributed by atoms with Gasteiger partial charge in [-0.1, -0.05) is 0 Å². The predicted octanol–water partition coefficient (Wildman–Crippen LogP) is -20.7. The Morgan fingerprint density at radius 1 is 0.364 bits per heavy atom. The van der Waals surface area contributed by atoms with Crippen LogP contribution in [0.5, 0.6) is 0 Å². The first-order valence-corrected chi connectivity index (χ1v) is 40.6. The Morgan fingerprint density at radius 3 is 1.19 bits per heavy atom. The fourth-order valence-electron chi connectivity index (χ4n) is 16.1. The average Bonchev–Trinajstić information content (AvgIpc) is 0.764. The maximum atomic E-state index is 13.6. The van der Waals surface area contributed by atoms with Gasteiger partial charge >= 0.3 is 11.9 Å². The normalized spacial score (nSPS) is 42.3. The molecule has 8 saturated heterocycles. The fraction of sp³-hybridized carbons (Fsp3) is 0.889. The maximum absolute atomic E-state index is 13.6. The van der Waals surface area contributed by atoms with E-state index in [2.05, 4.69) is 31.9 Å². The van der Waals surface area contributed by atoms with E-state index in [0.29, 0.717) is 0 Å². The highest BCUT2D eigenvalue weighted by molar-refractivity contribution is 5.78. The summed E-state index contributed by atoms with van der Waals surface area (Å²) in [6.45, 7) is -5.06. The molecular formula is C72H120N6O51. The molecule has 0 aromatic rings. The molecule has 0 aliphatic carbocycles. The molecule has 0 saturated carbocycles. The highest BCUT2D eigenvalue weighted by atomic mass is 16.8. The third kappa shape index (κ3) is 25.3. The van der Waals surface area contributed by atoms with Crippen LogP contribution < -0.4 is 31.9 Å². The van der Waals surface area contributed by atoms with Gasteiger partial charge in [-0.3, -0.25) is 28.8 Å². The molecule has 0 radical (unpaired) electrons. The Balaban J connectivity index is 1.17. The quantitative estimate of drug-likeness (QED) is 0.0271. The van der Waals surface area contributed by atoms with Crippen LogP contribution in [0.4, 0.5) is 0 Å². The van der Waals surface area contributed by atoms with Crippen LogP contribution in [0.15, 0.2) is 0 Å². The zero-order chi connectivity index (χ0) is 96.4. The summed E-state index contributed by atoms with van der Waals surface area (Å²) in [7, 11) is 0. The smallest absolute Gasteiger partial charge is 0.364 e. The van der Waals surface area contributed by atoms with Crippen molar-refractivity contribution in [3.8, 4) is 0 Å². The van der Waals surface area contributed by atoms with Gasteiger partial charge in [-0.05, 0) is 6.92 Å². The Hall–Kier alpha value is -5.88. The van der Waals surface area contributed by atoms with Gasteiger partial charge in [-0.2, -0.15) is 0 Å². The van der Waals surface area contributed by atoms with Crippen LogP contribution in [0.2, 0.25) is 0 Å². The molecule has 57 heteroatoms. The van der Waals surface area contributed by atoms with E-state index >= 15 is 0 Å². The number of carboxylic acid groups (broad SMARTS) is 2. The maximum Gasteiger partial charge on any atom is 0.364 e. The minimum Gasteiger partial charge on any atom is -0.477 e. The van der Waals surface area contributed by atoms with Gasteiger partial charge in [-0.15, -0.1) is 0 Å². The van der Waals surface area contributed by atoms with Gasteiger partial charge in [-0.25, -0.2) is 9.59 Å². The lowest BCUT2D eigenvalue weighted by Gasteiger charge is -2.52. The third-order valence-corrected chi connectivity index (χ3v) is 22.7. The molecule has 8 heterocycles. The average molecular weight is 1890 g/mol. The standard InChI is InChI=1S/C72H120N6O51/c1-19-42(97)52(107)53(108)66(116-19)127-62-61(126-63-39(76-23(5)89)49(104)46(101)32(13-82)117-63)47(102)33(14-83)118-68(62)124-57-35(16-85)120-65(41(51(57)106)78-25(7)91)125-60-48(103)36(18-115-72(70(112)113)9-28(93)38(75-22(4)88)59(129-72)44(99)30(95)12-81)121-67(54(60)109)123-56-34(15-84)119-64(40(50(56)105)77-24(6)90)122-55(26(10-79)73-20(2)86)45(100)31(96)17-114-71(69(110)111)8-27(92)37(74-21(3)87)58(128-71)43(98)29(94)11-80/h19,26-68,79-85,92-109H,8-18H2,1-7H3,(H,73,86)(H,74,87)(H,75,88)(H,76,89)(H,77,90)(H,78,91)(H,110,111)(H,112,113)/t19-,26-,27-,28-,29+,30+,31+,32+,33+,34+,35+,36+,37+,38+,39+,40+,41+,42+,43+,44+,45-,46-,47-,48-,49+,50+,51+,52+,53-,54+,55+,56+,57+,58+,59+,60-,61-,62+,63+,64-,65-,66-,67-,68-,71+,72+/m0/s1. The molecule has 8 aliphatic heterocycles. The first kappa shape index (κ1) is 108. The molecular weight excluding hydrogens is 1760 g/mol. The van der Waals surface area contributed by atoms with Gasteiger partial charge in [0.1, 0.15) is 195 Å². The van der Waals surface area contributed by atoms with Crippen molar-refractivity contribution in [1.82, 2.24) is 31.9 Å². The molecule has 744 valence electrons. The van der Waals surface area contributed by atoms with Gasteiger partial charge in [0.2, 0.25) is 35.4 Å². The molecule has 129 heavy (non-hydrogen) atoms. The Labute approximate surface area is 730 Å². The van der Waals surface area contributed by atoms with E-state index in [-0.39, 0.29) is 0 Å². The van der Waals surface area contributed by atoms with Gasteiger partial charge in [0.05, 0.1) is 95.9 Å². The zero-order valence-electron chi connectivity index (χ0n) is 70.1. The summed E-state index contributed by atoms with van der Waals surface area (Å²) in [5, 5.41) is 316. The minimum absolute atomic E-state index is 0.828. The highest BCUT2D eigenvalue weighted by Gasteiger charge is 2.63. The van der Waals surface area contributed by atoms with E-state index in [1.54, 1.807) is 0 Å². The molecule has 0 unspecified atom stereocenters. The number of hydrogen-bond acceptors (Lipinski definition) is 49. The lowest BCUT2D eigenvalue weighted by molar-refractivity contribution is -0.402. The molecule has 33 N–H and O–H groups in total. The molecule has 46 atom stereocenters. The molecule has 8 fully saturated rings. The first-order chi connectivity index (χ1) is 60.5. The van der Waals surface area contributed by atoms with Gasteiger partial charge < -0.3 is 246 Å². The van der Waals surface area contributed by atoms with Crippen molar-refractivity contribution in [1.29, 1.82) is 0 Å². The molecule has 8 aliphatic rings. The summed E-state index contributed by atoms with van der Waals surface area (Å²) in [5.74, 6) is -16.7. The minimum atomic E-state index is -3.32. The summed E-state index contributed by atoms with van der Waals surface area (Å²) in [6.07, 6.45) is -87.6. The van der Waals surface area contributed by atoms with Crippen LogP contribution in [-0.2, 0) is 114 Å². The van der Waals surface area contributed by atoms with Crippen LogP contribution in [0.1, 0.15) is 61.3 Å². The number of amides is 6. The molecule has 57 nitrogen and oxygen atoms in total. The monoisotopic (exact) mass is 1880 g/mol. The number of rotatable bonds is 40. The molecule has 0 aromatic heterocycles. The number of nitrogens with one attached hydrogen (secondary N) is 6. The topological polar surface area (TPSA) is 903 Å². The van der Waals surface area contributed by atoms with Gasteiger partial charge in [0, 0.05) is 54.4 Å². The van der Waals surface area contributed by atoms with Crippen molar-refractivity contribution in [2.24, 2.45) is 0 Å². The van der Waals surface area contributed by atoms with E-state index in [4.69, 9.17) is 75.8 Å². The van der Waals surface area contributed by atoms with Crippen molar-refractivity contribution < 1.29 is 252 Å². The Kier molecular flexibility index (Phi) is 39.6. The summed E-state index contributed by atoms with van der Waals surface area (Å²) in [4.78, 5) is 103. The first-order valence-electron chi connectivity index (χ1n) is 40.6. The molecule has 0 bridgehead atoms.